The van der Waals surface area contributed by atoms with E-state index in [0.717, 1.165) is 12.4 Å². The third kappa shape index (κ3) is 3.48. The minimum atomic E-state index is -5.68. The number of aromatic nitrogens is 2. The number of alkyl halides is 5. The molecule has 0 saturated heterocycles. The van der Waals surface area contributed by atoms with Crippen LogP contribution in [0.15, 0.2) is 12.4 Å². The molecule has 0 aliphatic carbocycles. The maximum absolute atomic E-state index is 12.4. The van der Waals surface area contributed by atoms with Gasteiger partial charge in [-0.15, -0.1) is 0 Å². The molecule has 9 heteroatoms. The summed E-state index contributed by atoms with van der Waals surface area (Å²) in [5.41, 5.74) is 0.139. The average Bonchev–Trinajstić information content (AvgIpc) is 2.25. The van der Waals surface area contributed by atoms with Crippen LogP contribution in [-0.4, -0.2) is 33.8 Å². The van der Waals surface area contributed by atoms with Gasteiger partial charge < -0.3 is 9.84 Å². The molecule has 0 saturated carbocycles. The van der Waals surface area contributed by atoms with E-state index in [1.807, 2.05) is 0 Å². The summed E-state index contributed by atoms with van der Waals surface area (Å²) in [6.07, 6.45) is -3.83. The van der Waals surface area contributed by atoms with Gasteiger partial charge in [0.25, 0.3) is 0 Å². The van der Waals surface area contributed by atoms with Crippen LogP contribution in [0.1, 0.15) is 5.69 Å². The van der Waals surface area contributed by atoms with Crippen LogP contribution < -0.4 is 4.74 Å². The van der Waals surface area contributed by atoms with E-state index in [9.17, 15) is 22.0 Å². The van der Waals surface area contributed by atoms with Gasteiger partial charge in [0.15, 0.2) is 6.61 Å². The Labute approximate surface area is 92.1 Å². The van der Waals surface area contributed by atoms with Gasteiger partial charge in [-0.3, -0.25) is 4.98 Å². The Morgan fingerprint density at radius 1 is 1.12 bits per heavy atom. The zero-order valence-corrected chi connectivity index (χ0v) is 8.21. The highest BCUT2D eigenvalue weighted by Crippen LogP contribution is 2.35. The standard InChI is InChI=1S/C8H7F5N2O2/c9-7(10,8(11,12)13)4-17-6-2-14-5(3-16)1-15-6/h1-2,16H,3-4H2. The van der Waals surface area contributed by atoms with E-state index in [2.05, 4.69) is 14.7 Å². The molecule has 0 unspecified atom stereocenters. The minimum absolute atomic E-state index is 0.139. The summed E-state index contributed by atoms with van der Waals surface area (Å²) in [5.74, 6) is -5.43. The number of hydrogen-bond donors (Lipinski definition) is 1. The van der Waals surface area contributed by atoms with Gasteiger partial charge in [0, 0.05) is 0 Å². The van der Waals surface area contributed by atoms with Crippen molar-refractivity contribution in [3.63, 3.8) is 0 Å². The van der Waals surface area contributed by atoms with Gasteiger partial charge in [0.05, 0.1) is 24.7 Å². The van der Waals surface area contributed by atoms with E-state index in [0.29, 0.717) is 0 Å². The zero-order chi connectivity index (χ0) is 13.1. The number of aliphatic hydroxyl groups is 1. The maximum atomic E-state index is 12.4. The molecular formula is C8H7F5N2O2. The van der Waals surface area contributed by atoms with Crippen molar-refractivity contribution >= 4 is 0 Å². The first-order chi connectivity index (χ1) is 7.76. The summed E-state index contributed by atoms with van der Waals surface area (Å²) in [4.78, 5) is 6.89. The second-order valence-electron chi connectivity index (χ2n) is 2.99. The van der Waals surface area contributed by atoms with Crippen molar-refractivity contribution in [2.45, 2.75) is 18.7 Å². The van der Waals surface area contributed by atoms with Crippen LogP contribution in [0.3, 0.4) is 0 Å². The number of rotatable bonds is 4. The van der Waals surface area contributed by atoms with Crippen molar-refractivity contribution in [1.29, 1.82) is 0 Å². The van der Waals surface area contributed by atoms with Crippen LogP contribution in [-0.2, 0) is 6.61 Å². The number of halogens is 5. The minimum Gasteiger partial charge on any atom is -0.470 e. The van der Waals surface area contributed by atoms with Gasteiger partial charge >= 0.3 is 12.1 Å². The van der Waals surface area contributed by atoms with Gasteiger partial charge in [-0.25, -0.2) is 4.98 Å². The number of hydrogen-bond acceptors (Lipinski definition) is 4. The molecule has 1 rings (SSSR count). The van der Waals surface area contributed by atoms with Crippen molar-refractivity contribution in [3.05, 3.63) is 18.1 Å². The first-order valence-corrected chi connectivity index (χ1v) is 4.25. The van der Waals surface area contributed by atoms with Crippen LogP contribution in [0, 0.1) is 0 Å². The average molecular weight is 258 g/mol. The molecule has 0 atom stereocenters. The third-order valence-electron chi connectivity index (χ3n) is 1.66. The summed E-state index contributed by atoms with van der Waals surface area (Å²) in [7, 11) is 0. The molecule has 0 aromatic carbocycles. The SMILES string of the molecule is OCc1cnc(OCC(F)(F)C(F)(F)F)cn1. The quantitative estimate of drug-likeness (QED) is 0.832. The lowest BCUT2D eigenvalue weighted by molar-refractivity contribution is -0.290. The lowest BCUT2D eigenvalue weighted by atomic mass is 10.3. The Balaban J connectivity index is 2.61. The molecule has 0 fully saturated rings. The summed E-state index contributed by atoms with van der Waals surface area (Å²) in [5, 5.41) is 8.58. The smallest absolute Gasteiger partial charge is 0.456 e. The van der Waals surface area contributed by atoms with Crippen LogP contribution in [0.25, 0.3) is 0 Å². The van der Waals surface area contributed by atoms with Crippen LogP contribution in [0.4, 0.5) is 22.0 Å². The van der Waals surface area contributed by atoms with Gasteiger partial charge in [0.2, 0.25) is 5.88 Å². The summed E-state index contributed by atoms with van der Waals surface area (Å²) in [6, 6.07) is 0. The first-order valence-electron chi connectivity index (χ1n) is 4.25. The number of nitrogens with zero attached hydrogens (tertiary/aromatic N) is 2. The van der Waals surface area contributed by atoms with Gasteiger partial charge in [0.1, 0.15) is 0 Å². The number of ether oxygens (including phenoxy) is 1. The Hall–Kier alpha value is -1.51. The van der Waals surface area contributed by atoms with Crippen molar-refractivity contribution in [3.8, 4) is 5.88 Å². The van der Waals surface area contributed by atoms with Crippen molar-refractivity contribution in [2.24, 2.45) is 0 Å². The Bertz CT molecular complexity index is 365. The summed E-state index contributed by atoms with van der Waals surface area (Å²) < 4.78 is 64.3. The predicted molar refractivity (Wildman–Crippen MR) is 44.5 cm³/mol. The molecule has 1 heterocycles. The van der Waals surface area contributed by atoms with E-state index in [1.165, 1.54) is 0 Å². The fourth-order valence-corrected chi connectivity index (χ4v) is 0.746. The molecule has 0 bridgehead atoms. The second kappa shape index (κ2) is 4.78. The molecule has 1 N–H and O–H groups in total. The van der Waals surface area contributed by atoms with E-state index < -0.39 is 31.2 Å². The largest absolute Gasteiger partial charge is 0.470 e. The highest BCUT2D eigenvalue weighted by Gasteiger charge is 2.58. The Kier molecular flexibility index (Phi) is 3.81. The molecule has 0 spiro atoms. The van der Waals surface area contributed by atoms with Crippen molar-refractivity contribution < 1.29 is 31.8 Å². The lowest BCUT2D eigenvalue weighted by Crippen LogP contribution is -2.41. The fraction of sp³-hybridized carbons (Fsp3) is 0.500. The maximum Gasteiger partial charge on any atom is 0.456 e. The normalized spacial score (nSPS) is 12.6. The third-order valence-corrected chi connectivity index (χ3v) is 1.66. The Morgan fingerprint density at radius 3 is 2.18 bits per heavy atom. The molecule has 1 aromatic heterocycles. The molecule has 96 valence electrons. The van der Waals surface area contributed by atoms with Gasteiger partial charge in [-0.05, 0) is 0 Å². The van der Waals surface area contributed by atoms with Crippen LogP contribution in [0.5, 0.6) is 5.88 Å². The topological polar surface area (TPSA) is 55.2 Å². The molecule has 0 amide bonds. The molecular weight excluding hydrogens is 251 g/mol. The molecule has 4 nitrogen and oxygen atoms in total. The van der Waals surface area contributed by atoms with E-state index in [-0.39, 0.29) is 5.69 Å². The Morgan fingerprint density at radius 2 is 1.76 bits per heavy atom. The van der Waals surface area contributed by atoms with E-state index >= 15 is 0 Å². The fourth-order valence-electron chi connectivity index (χ4n) is 0.746. The monoisotopic (exact) mass is 258 g/mol. The molecule has 0 aliphatic heterocycles. The van der Waals surface area contributed by atoms with Crippen LogP contribution >= 0.6 is 0 Å². The van der Waals surface area contributed by atoms with Gasteiger partial charge in [-0.1, -0.05) is 0 Å². The molecule has 0 radical (unpaired) electrons. The molecule has 0 aliphatic rings. The highest BCUT2D eigenvalue weighted by molar-refractivity contribution is 5.06. The van der Waals surface area contributed by atoms with E-state index in [1.54, 1.807) is 0 Å². The zero-order valence-electron chi connectivity index (χ0n) is 8.21. The predicted octanol–water partition coefficient (Wildman–Crippen LogP) is 1.55. The lowest BCUT2D eigenvalue weighted by Gasteiger charge is -2.19. The van der Waals surface area contributed by atoms with Crippen molar-refractivity contribution in [1.82, 2.24) is 9.97 Å². The van der Waals surface area contributed by atoms with Crippen molar-refractivity contribution in [2.75, 3.05) is 6.61 Å². The summed E-state index contributed by atoms with van der Waals surface area (Å²) in [6.45, 7) is -2.30. The summed E-state index contributed by atoms with van der Waals surface area (Å²) >= 11 is 0. The first kappa shape index (κ1) is 13.6. The molecule has 1 aromatic rings. The van der Waals surface area contributed by atoms with E-state index in [4.69, 9.17) is 5.11 Å². The van der Waals surface area contributed by atoms with Crippen LogP contribution in [0.2, 0.25) is 0 Å². The van der Waals surface area contributed by atoms with Gasteiger partial charge in [-0.2, -0.15) is 22.0 Å². The highest BCUT2D eigenvalue weighted by atomic mass is 19.4. The number of aliphatic hydroxyl groups excluding tert-OH is 1. The molecule has 17 heavy (non-hydrogen) atoms. The second-order valence-corrected chi connectivity index (χ2v) is 2.99.